The van der Waals surface area contributed by atoms with Crippen molar-refractivity contribution in [3.63, 3.8) is 0 Å². The lowest BCUT2D eigenvalue weighted by atomic mass is 9.83. The number of hydrogen-bond donors (Lipinski definition) is 2. The molecule has 0 unspecified atom stereocenters. The summed E-state index contributed by atoms with van der Waals surface area (Å²) in [5, 5.41) is 14.4. The number of carbonyl (C=O) groups is 1. The molecule has 0 saturated carbocycles. The van der Waals surface area contributed by atoms with Gasteiger partial charge in [-0.15, -0.1) is 0 Å². The number of ether oxygens (including phenoxy) is 1. The van der Waals surface area contributed by atoms with Gasteiger partial charge in [-0.25, -0.2) is 4.98 Å². The maximum Gasteiger partial charge on any atom is 0.230 e. The molecule has 5 rings (SSSR count). The standard InChI is InChI=1S/C20H22N6O2/c27-17(12-16-22-19(25-23-16)14-4-2-1-3-5-14)26-9-7-20(8-10-26)18-15(6-11-28-20)13-21-24-18/h1-5,13H,6-12H2,(H,21,24)(H,22,23,25). The van der Waals surface area contributed by atoms with Crippen LogP contribution in [0.25, 0.3) is 11.4 Å². The topological polar surface area (TPSA) is 99.8 Å². The van der Waals surface area contributed by atoms with E-state index in [-0.39, 0.29) is 17.9 Å². The number of piperidine rings is 1. The van der Waals surface area contributed by atoms with Gasteiger partial charge in [-0.2, -0.15) is 10.2 Å². The number of amides is 1. The predicted octanol–water partition coefficient (Wildman–Crippen LogP) is 1.83. The maximum atomic E-state index is 12.8. The number of nitrogens with one attached hydrogen (secondary N) is 2. The molecule has 1 saturated heterocycles. The Morgan fingerprint density at radius 2 is 2.00 bits per heavy atom. The van der Waals surface area contributed by atoms with Gasteiger partial charge in [0.1, 0.15) is 11.4 Å². The summed E-state index contributed by atoms with van der Waals surface area (Å²) >= 11 is 0. The van der Waals surface area contributed by atoms with E-state index in [1.165, 1.54) is 5.56 Å². The van der Waals surface area contributed by atoms with Crippen LogP contribution in [0.4, 0.5) is 0 Å². The number of hydrogen-bond acceptors (Lipinski definition) is 5. The van der Waals surface area contributed by atoms with Crippen molar-refractivity contribution < 1.29 is 9.53 Å². The summed E-state index contributed by atoms with van der Waals surface area (Å²) < 4.78 is 6.15. The molecule has 4 heterocycles. The van der Waals surface area contributed by atoms with E-state index >= 15 is 0 Å². The van der Waals surface area contributed by atoms with Gasteiger partial charge in [0, 0.05) is 18.7 Å². The molecule has 144 valence electrons. The van der Waals surface area contributed by atoms with Gasteiger partial charge < -0.3 is 9.64 Å². The van der Waals surface area contributed by atoms with Crippen molar-refractivity contribution in [2.24, 2.45) is 0 Å². The average Bonchev–Trinajstić information content (AvgIpc) is 3.40. The van der Waals surface area contributed by atoms with E-state index in [1.807, 2.05) is 41.4 Å². The van der Waals surface area contributed by atoms with Crippen molar-refractivity contribution in [1.82, 2.24) is 30.3 Å². The second-order valence-corrected chi connectivity index (χ2v) is 7.39. The van der Waals surface area contributed by atoms with Crippen LogP contribution in [-0.2, 0) is 28.0 Å². The number of rotatable bonds is 3. The van der Waals surface area contributed by atoms with E-state index in [0.29, 0.717) is 31.3 Å². The van der Waals surface area contributed by atoms with Crippen molar-refractivity contribution >= 4 is 5.91 Å². The number of nitrogens with zero attached hydrogens (tertiary/aromatic N) is 4. The van der Waals surface area contributed by atoms with Crippen LogP contribution in [-0.4, -0.2) is 55.9 Å². The van der Waals surface area contributed by atoms with Crippen molar-refractivity contribution in [1.29, 1.82) is 0 Å². The Morgan fingerprint density at radius 3 is 2.82 bits per heavy atom. The lowest BCUT2D eigenvalue weighted by Crippen LogP contribution is -2.48. The zero-order valence-corrected chi connectivity index (χ0v) is 15.5. The minimum absolute atomic E-state index is 0.0613. The van der Waals surface area contributed by atoms with Gasteiger partial charge in [0.15, 0.2) is 5.82 Å². The Morgan fingerprint density at radius 1 is 1.18 bits per heavy atom. The van der Waals surface area contributed by atoms with Gasteiger partial charge >= 0.3 is 0 Å². The molecule has 1 spiro atoms. The molecule has 3 aromatic rings. The van der Waals surface area contributed by atoms with E-state index in [1.54, 1.807) is 0 Å². The first-order valence-electron chi connectivity index (χ1n) is 9.65. The van der Waals surface area contributed by atoms with E-state index in [0.717, 1.165) is 30.5 Å². The van der Waals surface area contributed by atoms with Gasteiger partial charge in [-0.3, -0.25) is 15.0 Å². The van der Waals surface area contributed by atoms with Crippen LogP contribution in [0, 0.1) is 0 Å². The van der Waals surface area contributed by atoms with Gasteiger partial charge in [0.05, 0.1) is 24.9 Å². The number of aromatic nitrogens is 5. The molecular formula is C20H22N6O2. The molecule has 0 atom stereocenters. The third-order valence-electron chi connectivity index (χ3n) is 5.73. The number of H-pyrrole nitrogens is 2. The number of carbonyl (C=O) groups excluding carboxylic acids is 1. The summed E-state index contributed by atoms with van der Waals surface area (Å²) in [6, 6.07) is 9.74. The van der Waals surface area contributed by atoms with E-state index < -0.39 is 0 Å². The molecule has 2 aromatic heterocycles. The number of benzene rings is 1. The molecular weight excluding hydrogens is 356 g/mol. The fourth-order valence-electron chi connectivity index (χ4n) is 4.18. The molecule has 28 heavy (non-hydrogen) atoms. The first-order chi connectivity index (χ1) is 13.7. The van der Waals surface area contributed by atoms with Crippen molar-refractivity contribution in [2.45, 2.75) is 31.3 Å². The second kappa shape index (κ2) is 6.87. The lowest BCUT2D eigenvalue weighted by molar-refractivity contribution is -0.140. The molecule has 0 aliphatic carbocycles. The summed E-state index contributed by atoms with van der Waals surface area (Å²) in [7, 11) is 0. The van der Waals surface area contributed by atoms with Crippen LogP contribution >= 0.6 is 0 Å². The molecule has 1 aromatic carbocycles. The third-order valence-corrected chi connectivity index (χ3v) is 5.73. The lowest BCUT2D eigenvalue weighted by Gasteiger charge is -2.43. The molecule has 0 radical (unpaired) electrons. The van der Waals surface area contributed by atoms with E-state index in [9.17, 15) is 4.79 Å². The highest BCUT2D eigenvalue weighted by atomic mass is 16.5. The SMILES string of the molecule is O=C(Cc1nc(-c2ccccc2)n[nH]1)N1CCC2(CC1)OCCc1cn[nH]c12. The van der Waals surface area contributed by atoms with Crippen LogP contribution in [0.3, 0.4) is 0 Å². The Balaban J connectivity index is 1.23. The van der Waals surface area contributed by atoms with Crippen LogP contribution in [0.1, 0.15) is 29.9 Å². The summed E-state index contributed by atoms with van der Waals surface area (Å²) in [6.45, 7) is 2.04. The summed E-state index contributed by atoms with van der Waals surface area (Å²) in [6.07, 6.45) is 4.57. The molecule has 0 bridgehead atoms. The second-order valence-electron chi connectivity index (χ2n) is 7.39. The smallest absolute Gasteiger partial charge is 0.230 e. The molecule has 2 aliphatic heterocycles. The zero-order valence-electron chi connectivity index (χ0n) is 15.5. The highest BCUT2D eigenvalue weighted by molar-refractivity contribution is 5.78. The third kappa shape index (κ3) is 2.99. The van der Waals surface area contributed by atoms with Crippen molar-refractivity contribution in [3.05, 3.63) is 53.6 Å². The van der Waals surface area contributed by atoms with Gasteiger partial charge in [0.2, 0.25) is 5.91 Å². The fourth-order valence-corrected chi connectivity index (χ4v) is 4.18. The quantitative estimate of drug-likeness (QED) is 0.724. The maximum absolute atomic E-state index is 12.8. The molecule has 8 heteroatoms. The summed E-state index contributed by atoms with van der Waals surface area (Å²) in [5.74, 6) is 1.27. The molecule has 1 fully saturated rings. The first-order valence-corrected chi connectivity index (χ1v) is 9.65. The van der Waals surface area contributed by atoms with Gasteiger partial charge in [0.25, 0.3) is 0 Å². The highest BCUT2D eigenvalue weighted by Crippen LogP contribution is 2.40. The van der Waals surface area contributed by atoms with Crippen LogP contribution < -0.4 is 0 Å². The van der Waals surface area contributed by atoms with Crippen LogP contribution in [0.5, 0.6) is 0 Å². The Labute approximate surface area is 162 Å². The average molecular weight is 378 g/mol. The number of likely N-dealkylation sites (tertiary alicyclic amines) is 1. The molecule has 8 nitrogen and oxygen atoms in total. The van der Waals surface area contributed by atoms with Crippen molar-refractivity contribution in [2.75, 3.05) is 19.7 Å². The molecule has 1 amide bonds. The molecule has 2 aliphatic rings. The van der Waals surface area contributed by atoms with Gasteiger partial charge in [-0.1, -0.05) is 30.3 Å². The number of fused-ring (bicyclic) bond motifs is 2. The normalized spacial score (nSPS) is 18.2. The van der Waals surface area contributed by atoms with Crippen LogP contribution in [0.15, 0.2) is 36.5 Å². The van der Waals surface area contributed by atoms with Crippen molar-refractivity contribution in [3.8, 4) is 11.4 Å². The predicted molar refractivity (Wildman–Crippen MR) is 101 cm³/mol. The summed E-state index contributed by atoms with van der Waals surface area (Å²) in [4.78, 5) is 19.1. The molecule has 2 N–H and O–H groups in total. The van der Waals surface area contributed by atoms with Crippen LogP contribution in [0.2, 0.25) is 0 Å². The number of aromatic amines is 2. The first kappa shape index (κ1) is 17.1. The fraction of sp³-hybridized carbons (Fsp3) is 0.400. The Bertz CT molecular complexity index is 972. The van der Waals surface area contributed by atoms with Gasteiger partial charge in [-0.05, 0) is 24.8 Å². The summed E-state index contributed by atoms with van der Waals surface area (Å²) in [5.41, 5.74) is 2.94. The minimum atomic E-state index is -0.326. The van der Waals surface area contributed by atoms with E-state index in [2.05, 4.69) is 25.4 Å². The zero-order chi connectivity index (χ0) is 19.0. The largest absolute Gasteiger partial charge is 0.368 e. The van der Waals surface area contributed by atoms with E-state index in [4.69, 9.17) is 4.74 Å². The Hall–Kier alpha value is -3.00. The monoisotopic (exact) mass is 378 g/mol. The highest BCUT2D eigenvalue weighted by Gasteiger charge is 2.43. The Kier molecular flexibility index (Phi) is 4.20. The minimum Gasteiger partial charge on any atom is -0.368 e.